The molecule has 0 aromatic rings. The summed E-state index contributed by atoms with van der Waals surface area (Å²) in [4.78, 5) is 0. The third-order valence-electron chi connectivity index (χ3n) is 2.36. The Morgan fingerprint density at radius 3 is 3.07 bits per heavy atom. The van der Waals surface area contributed by atoms with Crippen molar-refractivity contribution in [3.05, 3.63) is 12.7 Å². The minimum absolute atomic E-state index is 0.00961. The van der Waals surface area contributed by atoms with E-state index in [0.717, 1.165) is 32.3 Å². The average molecular weight is 200 g/mol. The molecule has 2 atom stereocenters. The molecule has 14 heavy (non-hydrogen) atoms. The second-order valence-corrected chi connectivity index (χ2v) is 3.61. The molecule has 1 aliphatic rings. The van der Waals surface area contributed by atoms with Crippen LogP contribution in [-0.4, -0.2) is 30.7 Å². The highest BCUT2D eigenvalue weighted by molar-refractivity contribution is 4.77. The lowest BCUT2D eigenvalue weighted by Gasteiger charge is -2.22. The third-order valence-corrected chi connectivity index (χ3v) is 2.36. The highest BCUT2D eigenvalue weighted by Gasteiger charge is 2.13. The average Bonchev–Trinajstić information content (AvgIpc) is 2.25. The van der Waals surface area contributed by atoms with Crippen molar-refractivity contribution in [1.29, 1.82) is 0 Å². The number of aliphatic hydroxyl groups is 1. The summed E-state index contributed by atoms with van der Waals surface area (Å²) in [6.07, 6.45) is 6.06. The van der Waals surface area contributed by atoms with Crippen molar-refractivity contribution in [2.45, 2.75) is 44.5 Å². The molecule has 0 amide bonds. The van der Waals surface area contributed by atoms with Gasteiger partial charge < -0.3 is 14.6 Å². The van der Waals surface area contributed by atoms with Gasteiger partial charge in [0.05, 0.1) is 6.10 Å². The van der Waals surface area contributed by atoms with Crippen LogP contribution in [0.25, 0.3) is 0 Å². The van der Waals surface area contributed by atoms with E-state index in [-0.39, 0.29) is 6.29 Å². The van der Waals surface area contributed by atoms with Crippen LogP contribution in [0.2, 0.25) is 0 Å². The Bertz CT molecular complexity index is 153. The fourth-order valence-corrected chi connectivity index (χ4v) is 1.47. The van der Waals surface area contributed by atoms with Gasteiger partial charge in [0.2, 0.25) is 0 Å². The van der Waals surface area contributed by atoms with Crippen LogP contribution >= 0.6 is 0 Å². The molecule has 1 heterocycles. The van der Waals surface area contributed by atoms with Crippen LogP contribution in [0, 0.1) is 0 Å². The van der Waals surface area contributed by atoms with E-state index in [1.54, 1.807) is 6.08 Å². The first kappa shape index (κ1) is 11.7. The number of aliphatic hydroxyl groups excluding tert-OH is 1. The van der Waals surface area contributed by atoms with Gasteiger partial charge in [-0.25, -0.2) is 0 Å². The first-order valence-corrected chi connectivity index (χ1v) is 5.37. The molecule has 2 unspecified atom stereocenters. The first-order valence-electron chi connectivity index (χ1n) is 5.37. The van der Waals surface area contributed by atoms with Crippen LogP contribution in [-0.2, 0) is 9.47 Å². The smallest absolute Gasteiger partial charge is 0.157 e. The van der Waals surface area contributed by atoms with Crippen molar-refractivity contribution >= 4 is 0 Å². The lowest BCUT2D eigenvalue weighted by Crippen LogP contribution is -2.22. The van der Waals surface area contributed by atoms with Gasteiger partial charge in [-0.1, -0.05) is 6.08 Å². The summed E-state index contributed by atoms with van der Waals surface area (Å²) < 4.78 is 10.9. The van der Waals surface area contributed by atoms with E-state index in [1.165, 1.54) is 6.42 Å². The number of hydrogen-bond acceptors (Lipinski definition) is 3. The van der Waals surface area contributed by atoms with Crippen LogP contribution in [0.1, 0.15) is 32.1 Å². The molecule has 0 aromatic carbocycles. The summed E-state index contributed by atoms with van der Waals surface area (Å²) >= 11 is 0. The van der Waals surface area contributed by atoms with Gasteiger partial charge in [0.25, 0.3) is 0 Å². The molecule has 0 aromatic heterocycles. The van der Waals surface area contributed by atoms with Gasteiger partial charge in [0.15, 0.2) is 6.29 Å². The van der Waals surface area contributed by atoms with Crippen molar-refractivity contribution < 1.29 is 14.6 Å². The number of ether oxygens (including phenoxy) is 2. The second kappa shape index (κ2) is 6.98. The lowest BCUT2D eigenvalue weighted by molar-refractivity contribution is -0.163. The monoisotopic (exact) mass is 200 g/mol. The fraction of sp³-hybridized carbons (Fsp3) is 0.818. The molecule has 1 saturated heterocycles. The lowest BCUT2D eigenvalue weighted by atomic mass is 10.2. The molecular formula is C11H20O3. The molecule has 3 nitrogen and oxygen atoms in total. The fourth-order valence-electron chi connectivity index (χ4n) is 1.47. The quantitative estimate of drug-likeness (QED) is 0.525. The predicted molar refractivity (Wildman–Crippen MR) is 55.0 cm³/mol. The van der Waals surface area contributed by atoms with Crippen molar-refractivity contribution in [3.8, 4) is 0 Å². The van der Waals surface area contributed by atoms with E-state index in [9.17, 15) is 5.11 Å². The molecule has 3 heteroatoms. The highest BCUT2D eigenvalue weighted by atomic mass is 16.7. The molecule has 0 aliphatic carbocycles. The Hall–Kier alpha value is -0.380. The van der Waals surface area contributed by atoms with Gasteiger partial charge in [0.1, 0.15) is 0 Å². The van der Waals surface area contributed by atoms with Gasteiger partial charge in [-0.3, -0.25) is 0 Å². The SMILES string of the molecule is C=CC(O)CCCOC1CCCCO1. The summed E-state index contributed by atoms with van der Waals surface area (Å²) in [5, 5.41) is 9.19. The standard InChI is InChI=1S/C11H20O3/c1-2-10(12)6-5-9-14-11-7-3-4-8-13-11/h2,10-12H,1,3-9H2. The van der Waals surface area contributed by atoms with E-state index in [1.807, 2.05) is 0 Å². The summed E-state index contributed by atoms with van der Waals surface area (Å²) in [7, 11) is 0. The Labute approximate surface area is 85.7 Å². The molecule has 0 radical (unpaired) electrons. The molecule has 1 N–H and O–H groups in total. The van der Waals surface area contributed by atoms with Gasteiger partial charge in [0, 0.05) is 13.2 Å². The van der Waals surface area contributed by atoms with Gasteiger partial charge in [-0.05, 0) is 32.1 Å². The summed E-state index contributed by atoms with van der Waals surface area (Å²) in [5.41, 5.74) is 0. The van der Waals surface area contributed by atoms with Gasteiger partial charge >= 0.3 is 0 Å². The number of rotatable bonds is 6. The van der Waals surface area contributed by atoms with Crippen molar-refractivity contribution in [1.82, 2.24) is 0 Å². The van der Waals surface area contributed by atoms with Crippen LogP contribution in [0.3, 0.4) is 0 Å². The summed E-state index contributed by atoms with van der Waals surface area (Å²) in [6.45, 7) is 5.00. The molecule has 82 valence electrons. The van der Waals surface area contributed by atoms with Gasteiger partial charge in [-0.2, -0.15) is 0 Å². The van der Waals surface area contributed by atoms with Crippen LogP contribution in [0.5, 0.6) is 0 Å². The van der Waals surface area contributed by atoms with Crippen LogP contribution in [0.15, 0.2) is 12.7 Å². The zero-order chi connectivity index (χ0) is 10.2. The zero-order valence-corrected chi connectivity index (χ0v) is 8.65. The Morgan fingerprint density at radius 2 is 2.43 bits per heavy atom. The molecular weight excluding hydrogens is 180 g/mol. The second-order valence-electron chi connectivity index (χ2n) is 3.61. The Balaban J connectivity index is 1.94. The van der Waals surface area contributed by atoms with E-state index in [0.29, 0.717) is 6.61 Å². The van der Waals surface area contributed by atoms with Crippen molar-refractivity contribution in [2.24, 2.45) is 0 Å². The summed E-state index contributed by atoms with van der Waals surface area (Å²) in [5.74, 6) is 0. The third kappa shape index (κ3) is 4.74. The van der Waals surface area contributed by atoms with Gasteiger partial charge in [-0.15, -0.1) is 6.58 Å². The van der Waals surface area contributed by atoms with Crippen LogP contribution < -0.4 is 0 Å². The highest BCUT2D eigenvalue weighted by Crippen LogP contribution is 2.14. The molecule has 0 spiro atoms. The topological polar surface area (TPSA) is 38.7 Å². The van der Waals surface area contributed by atoms with Crippen molar-refractivity contribution in [3.63, 3.8) is 0 Å². The summed E-state index contributed by atoms with van der Waals surface area (Å²) in [6, 6.07) is 0. The molecule has 0 saturated carbocycles. The van der Waals surface area contributed by atoms with E-state index in [4.69, 9.17) is 9.47 Å². The molecule has 1 fully saturated rings. The minimum atomic E-state index is -0.397. The Kier molecular flexibility index (Phi) is 5.83. The van der Waals surface area contributed by atoms with E-state index < -0.39 is 6.10 Å². The zero-order valence-electron chi connectivity index (χ0n) is 8.65. The molecule has 1 aliphatic heterocycles. The van der Waals surface area contributed by atoms with Crippen LogP contribution in [0.4, 0.5) is 0 Å². The largest absolute Gasteiger partial charge is 0.389 e. The maximum Gasteiger partial charge on any atom is 0.157 e. The van der Waals surface area contributed by atoms with E-state index >= 15 is 0 Å². The maximum atomic E-state index is 9.19. The van der Waals surface area contributed by atoms with Crippen molar-refractivity contribution in [2.75, 3.05) is 13.2 Å². The number of hydrogen-bond donors (Lipinski definition) is 1. The predicted octanol–water partition coefficient (Wildman–Crippen LogP) is 1.86. The normalized spacial score (nSPS) is 24.5. The van der Waals surface area contributed by atoms with E-state index in [2.05, 4.69) is 6.58 Å². The first-order chi connectivity index (χ1) is 6.83. The molecule has 1 rings (SSSR count). The molecule has 0 bridgehead atoms. The maximum absolute atomic E-state index is 9.19. The Morgan fingerprint density at radius 1 is 1.57 bits per heavy atom. The minimum Gasteiger partial charge on any atom is -0.389 e.